The lowest BCUT2D eigenvalue weighted by atomic mass is 10.1. The van der Waals surface area contributed by atoms with Crippen LogP contribution in [0.3, 0.4) is 0 Å². The number of nitrogens with zero attached hydrogens (tertiary/aromatic N) is 1. The van der Waals surface area contributed by atoms with E-state index < -0.39 is 5.97 Å². The van der Waals surface area contributed by atoms with Crippen LogP contribution < -0.4 is 10.5 Å². The molecule has 0 bridgehead atoms. The monoisotopic (exact) mass is 248 g/mol. The van der Waals surface area contributed by atoms with Gasteiger partial charge in [-0.3, -0.25) is 9.78 Å². The van der Waals surface area contributed by atoms with Crippen LogP contribution in [0.4, 0.5) is 0 Å². The van der Waals surface area contributed by atoms with E-state index in [-0.39, 0.29) is 12.0 Å². The molecule has 0 spiro atoms. The van der Waals surface area contributed by atoms with Crippen LogP contribution in [0, 0.1) is 0 Å². The first-order chi connectivity index (χ1) is 8.63. The smallest absolute Gasteiger partial charge is 0.336 e. The molecule has 0 radical (unpaired) electrons. The lowest BCUT2D eigenvalue weighted by Crippen LogP contribution is -1.98. The number of hydrogen-bond acceptors (Lipinski definition) is 4. The van der Waals surface area contributed by atoms with E-state index in [0.29, 0.717) is 16.7 Å². The van der Waals surface area contributed by atoms with Gasteiger partial charge in [0.25, 0.3) is 0 Å². The Balaban J connectivity index is 0.000000492. The van der Waals surface area contributed by atoms with Gasteiger partial charge in [0.15, 0.2) is 0 Å². The van der Waals surface area contributed by atoms with Gasteiger partial charge in [0, 0.05) is 11.6 Å². The summed E-state index contributed by atoms with van der Waals surface area (Å²) in [7, 11) is 1.54. The molecule has 0 saturated heterocycles. The predicted molar refractivity (Wildman–Crippen MR) is 65.5 cm³/mol. The van der Waals surface area contributed by atoms with Crippen molar-refractivity contribution in [1.29, 1.82) is 0 Å². The summed E-state index contributed by atoms with van der Waals surface area (Å²) in [6.45, 7) is 0. The van der Waals surface area contributed by atoms with E-state index in [1.165, 1.54) is 19.4 Å². The van der Waals surface area contributed by atoms with Crippen molar-refractivity contribution in [2.45, 2.75) is 0 Å². The van der Waals surface area contributed by atoms with E-state index in [4.69, 9.17) is 14.6 Å². The summed E-state index contributed by atoms with van der Waals surface area (Å²) < 4.78 is 5.04. The van der Waals surface area contributed by atoms with Crippen molar-refractivity contribution in [3.05, 3.63) is 36.0 Å². The maximum Gasteiger partial charge on any atom is 0.336 e. The van der Waals surface area contributed by atoms with Crippen LogP contribution >= 0.6 is 0 Å². The summed E-state index contributed by atoms with van der Waals surface area (Å²) in [6.07, 6.45) is 1.73. The molecule has 0 fully saturated rings. The number of nitrogens with two attached hydrogens (primary N) is 1. The van der Waals surface area contributed by atoms with Gasteiger partial charge in [0.1, 0.15) is 5.75 Å². The van der Waals surface area contributed by atoms with E-state index in [1.54, 1.807) is 18.2 Å². The average molecular weight is 248 g/mol. The fourth-order valence-corrected chi connectivity index (χ4v) is 1.44. The second-order valence-corrected chi connectivity index (χ2v) is 3.18. The van der Waals surface area contributed by atoms with Crippen LogP contribution in [-0.2, 0) is 4.79 Å². The maximum absolute atomic E-state index is 10.9. The molecule has 1 heterocycles. The van der Waals surface area contributed by atoms with Crippen molar-refractivity contribution in [3.63, 3.8) is 0 Å². The van der Waals surface area contributed by atoms with E-state index >= 15 is 0 Å². The van der Waals surface area contributed by atoms with Crippen LogP contribution in [-0.4, -0.2) is 29.6 Å². The number of methoxy groups -OCH3 is 1. The molecule has 0 atom stereocenters. The molecule has 1 aromatic heterocycles. The summed E-state index contributed by atoms with van der Waals surface area (Å²) >= 11 is 0. The molecule has 0 aliphatic heterocycles. The number of ether oxygens (including phenoxy) is 1. The molecule has 0 aliphatic carbocycles. The molecular weight excluding hydrogens is 236 g/mol. The highest BCUT2D eigenvalue weighted by Crippen LogP contribution is 2.22. The highest BCUT2D eigenvalue weighted by atomic mass is 16.5. The summed E-state index contributed by atoms with van der Waals surface area (Å²) in [5.74, 6) is -0.339. The minimum absolute atomic E-state index is 0.235. The number of rotatable bonds is 2. The lowest BCUT2D eigenvalue weighted by molar-refractivity contribution is -0.106. The van der Waals surface area contributed by atoms with Crippen LogP contribution in [0.5, 0.6) is 5.75 Å². The number of aromatic carboxylic acids is 1. The molecule has 94 valence electrons. The van der Waals surface area contributed by atoms with Gasteiger partial charge < -0.3 is 15.6 Å². The SMILES string of the molecule is COc1ccc2nccc(C(=O)O)c2c1.NC=O. The second kappa shape index (κ2) is 6.19. The summed E-state index contributed by atoms with van der Waals surface area (Å²) in [5, 5.41) is 9.57. The number of pyridine rings is 1. The largest absolute Gasteiger partial charge is 0.497 e. The average Bonchev–Trinajstić information content (AvgIpc) is 2.38. The Morgan fingerprint density at radius 3 is 2.67 bits per heavy atom. The molecule has 0 saturated carbocycles. The van der Waals surface area contributed by atoms with Gasteiger partial charge in [-0.2, -0.15) is 0 Å². The van der Waals surface area contributed by atoms with Crippen molar-refractivity contribution in [1.82, 2.24) is 4.98 Å². The number of carboxylic acids is 1. The summed E-state index contributed by atoms with van der Waals surface area (Å²) in [4.78, 5) is 23.6. The Labute approximate surface area is 103 Å². The number of carboxylic acid groups (broad SMARTS) is 1. The molecular formula is C12H12N2O4. The fourth-order valence-electron chi connectivity index (χ4n) is 1.44. The first-order valence-corrected chi connectivity index (χ1v) is 4.95. The van der Waals surface area contributed by atoms with Gasteiger partial charge in [-0.15, -0.1) is 0 Å². The quantitative estimate of drug-likeness (QED) is 0.773. The highest BCUT2D eigenvalue weighted by molar-refractivity contribution is 6.02. The van der Waals surface area contributed by atoms with Gasteiger partial charge in [-0.25, -0.2) is 4.79 Å². The minimum Gasteiger partial charge on any atom is -0.497 e. The Morgan fingerprint density at radius 2 is 2.11 bits per heavy atom. The molecule has 1 amide bonds. The third-order valence-electron chi connectivity index (χ3n) is 2.18. The first kappa shape index (κ1) is 13.4. The normalized spacial score (nSPS) is 9.17. The molecule has 18 heavy (non-hydrogen) atoms. The van der Waals surface area contributed by atoms with Crippen LogP contribution in [0.2, 0.25) is 0 Å². The molecule has 6 heteroatoms. The van der Waals surface area contributed by atoms with Crippen molar-refractivity contribution in [2.24, 2.45) is 5.73 Å². The van der Waals surface area contributed by atoms with Gasteiger partial charge in [0.2, 0.25) is 6.41 Å². The molecule has 6 nitrogen and oxygen atoms in total. The lowest BCUT2D eigenvalue weighted by Gasteiger charge is -2.04. The zero-order valence-corrected chi connectivity index (χ0v) is 9.66. The summed E-state index contributed by atoms with van der Waals surface area (Å²) in [6, 6.07) is 6.64. The van der Waals surface area contributed by atoms with E-state index in [0.717, 1.165) is 0 Å². The number of primary amides is 1. The molecule has 3 N–H and O–H groups in total. The van der Waals surface area contributed by atoms with Crippen molar-refractivity contribution in [3.8, 4) is 5.75 Å². The molecule has 1 aromatic carbocycles. The second-order valence-electron chi connectivity index (χ2n) is 3.18. The number of amides is 1. The van der Waals surface area contributed by atoms with E-state index in [9.17, 15) is 4.79 Å². The number of hydrogen-bond donors (Lipinski definition) is 2. The standard InChI is InChI=1S/C11H9NO3.CH3NO/c1-15-7-2-3-10-9(6-7)8(11(13)14)4-5-12-10;2-1-3/h2-6H,1H3,(H,13,14);1H,(H2,2,3). The van der Waals surface area contributed by atoms with Crippen molar-refractivity contribution in [2.75, 3.05) is 7.11 Å². The van der Waals surface area contributed by atoms with Crippen molar-refractivity contribution >= 4 is 23.3 Å². The molecule has 2 aromatic rings. The Hall–Kier alpha value is -2.63. The maximum atomic E-state index is 10.9. The topological polar surface area (TPSA) is 103 Å². The predicted octanol–water partition coefficient (Wildman–Crippen LogP) is 1.04. The van der Waals surface area contributed by atoms with E-state index in [1.807, 2.05) is 0 Å². The van der Waals surface area contributed by atoms with Crippen molar-refractivity contribution < 1.29 is 19.4 Å². The zero-order valence-electron chi connectivity index (χ0n) is 9.66. The number of carbonyl (C=O) groups excluding carboxylic acids is 1. The van der Waals surface area contributed by atoms with Crippen LogP contribution in [0.15, 0.2) is 30.5 Å². The minimum atomic E-state index is -0.962. The Bertz CT molecular complexity index is 569. The number of carbonyl (C=O) groups is 2. The molecule has 0 unspecified atom stereocenters. The number of benzene rings is 1. The first-order valence-electron chi connectivity index (χ1n) is 4.95. The zero-order chi connectivity index (χ0) is 13.5. The van der Waals surface area contributed by atoms with Gasteiger partial charge in [-0.1, -0.05) is 0 Å². The van der Waals surface area contributed by atoms with Crippen LogP contribution in [0.25, 0.3) is 10.9 Å². The Kier molecular flexibility index (Phi) is 4.62. The summed E-state index contributed by atoms with van der Waals surface area (Å²) in [5.41, 5.74) is 5.05. The number of fused-ring (bicyclic) bond motifs is 1. The third-order valence-corrected chi connectivity index (χ3v) is 2.18. The fraction of sp³-hybridized carbons (Fsp3) is 0.0833. The van der Waals surface area contributed by atoms with Crippen LogP contribution in [0.1, 0.15) is 10.4 Å². The number of aromatic nitrogens is 1. The van der Waals surface area contributed by atoms with E-state index in [2.05, 4.69) is 10.7 Å². The Morgan fingerprint density at radius 1 is 1.44 bits per heavy atom. The van der Waals surface area contributed by atoms with Gasteiger partial charge in [-0.05, 0) is 24.3 Å². The highest BCUT2D eigenvalue weighted by Gasteiger charge is 2.09. The molecule has 0 aliphatic rings. The third kappa shape index (κ3) is 2.94. The van der Waals surface area contributed by atoms with Gasteiger partial charge >= 0.3 is 5.97 Å². The van der Waals surface area contributed by atoms with Gasteiger partial charge in [0.05, 0.1) is 18.2 Å². The molecule has 2 rings (SSSR count).